The standard InChI is InChI=1S/C19H14Cl3N3O3S/c1-25(19(26)12-2-4-13(20)5-3-12)15-8-6-14(7-9-15)24-29(27,28)16-10-11-17(21)23-18(16)22/h2-11,24H,1H3. The molecule has 0 aliphatic heterocycles. The molecule has 3 aromatic rings. The van der Waals surface area contributed by atoms with Gasteiger partial charge >= 0.3 is 0 Å². The lowest BCUT2D eigenvalue weighted by Gasteiger charge is -2.18. The molecule has 0 saturated heterocycles. The molecule has 0 saturated carbocycles. The van der Waals surface area contributed by atoms with Crippen molar-refractivity contribution in [2.75, 3.05) is 16.7 Å². The molecule has 29 heavy (non-hydrogen) atoms. The number of rotatable bonds is 5. The van der Waals surface area contributed by atoms with Crippen LogP contribution in [-0.4, -0.2) is 26.4 Å². The Morgan fingerprint density at radius 3 is 2.14 bits per heavy atom. The van der Waals surface area contributed by atoms with Gasteiger partial charge in [-0.1, -0.05) is 34.8 Å². The van der Waals surface area contributed by atoms with Gasteiger partial charge in [-0.3, -0.25) is 9.52 Å². The van der Waals surface area contributed by atoms with Gasteiger partial charge in [-0.15, -0.1) is 0 Å². The molecule has 10 heteroatoms. The molecule has 0 aliphatic carbocycles. The maximum absolute atomic E-state index is 12.6. The molecule has 0 fully saturated rings. The number of aromatic nitrogens is 1. The van der Waals surface area contributed by atoms with E-state index in [2.05, 4.69) is 9.71 Å². The summed E-state index contributed by atoms with van der Waals surface area (Å²) in [6.07, 6.45) is 0. The first-order chi connectivity index (χ1) is 13.7. The lowest BCUT2D eigenvalue weighted by molar-refractivity contribution is 0.0993. The molecule has 0 aliphatic rings. The third-order valence-electron chi connectivity index (χ3n) is 3.97. The number of sulfonamides is 1. The summed E-state index contributed by atoms with van der Waals surface area (Å²) in [5.41, 5.74) is 1.36. The lowest BCUT2D eigenvalue weighted by atomic mass is 10.2. The highest BCUT2D eigenvalue weighted by Crippen LogP contribution is 2.25. The van der Waals surface area contributed by atoms with E-state index in [0.29, 0.717) is 22.0 Å². The van der Waals surface area contributed by atoms with Crippen LogP contribution in [0.25, 0.3) is 0 Å². The number of amides is 1. The predicted octanol–water partition coefficient (Wildman–Crippen LogP) is 5.12. The second-order valence-corrected chi connectivity index (χ2v) is 8.78. The van der Waals surface area contributed by atoms with E-state index in [1.165, 1.54) is 29.2 Å². The van der Waals surface area contributed by atoms with Crippen molar-refractivity contribution in [3.05, 3.63) is 81.6 Å². The second kappa shape index (κ2) is 8.59. The van der Waals surface area contributed by atoms with E-state index in [4.69, 9.17) is 34.8 Å². The summed E-state index contributed by atoms with van der Waals surface area (Å²) in [7, 11) is -2.33. The van der Waals surface area contributed by atoms with Gasteiger partial charge < -0.3 is 4.90 Å². The maximum atomic E-state index is 12.6. The minimum absolute atomic E-state index is 0.0895. The minimum atomic E-state index is -3.95. The van der Waals surface area contributed by atoms with Gasteiger partial charge in [-0.05, 0) is 60.7 Å². The number of nitrogens with one attached hydrogen (secondary N) is 1. The van der Waals surface area contributed by atoms with E-state index in [1.807, 2.05) is 0 Å². The Hall–Kier alpha value is -2.32. The molecule has 3 rings (SSSR count). The van der Waals surface area contributed by atoms with Crippen molar-refractivity contribution in [1.82, 2.24) is 4.98 Å². The van der Waals surface area contributed by atoms with Crippen LogP contribution in [-0.2, 0) is 10.0 Å². The van der Waals surface area contributed by atoms with Gasteiger partial charge in [-0.25, -0.2) is 13.4 Å². The Morgan fingerprint density at radius 1 is 0.931 bits per heavy atom. The van der Waals surface area contributed by atoms with Crippen LogP contribution >= 0.6 is 34.8 Å². The zero-order valence-corrected chi connectivity index (χ0v) is 18.0. The van der Waals surface area contributed by atoms with E-state index in [1.54, 1.807) is 43.4 Å². The summed E-state index contributed by atoms with van der Waals surface area (Å²) < 4.78 is 27.5. The molecule has 0 atom stereocenters. The van der Waals surface area contributed by atoms with Crippen molar-refractivity contribution in [1.29, 1.82) is 0 Å². The fraction of sp³-hybridized carbons (Fsp3) is 0.0526. The summed E-state index contributed by atoms with van der Waals surface area (Å²) in [6, 6.07) is 15.5. The van der Waals surface area contributed by atoms with Crippen molar-refractivity contribution < 1.29 is 13.2 Å². The molecule has 150 valence electrons. The molecule has 0 bridgehead atoms. The highest BCUT2D eigenvalue weighted by molar-refractivity contribution is 7.92. The zero-order valence-electron chi connectivity index (χ0n) is 14.9. The molecule has 1 N–H and O–H groups in total. The molecule has 1 heterocycles. The van der Waals surface area contributed by atoms with E-state index in [9.17, 15) is 13.2 Å². The molecule has 6 nitrogen and oxygen atoms in total. The molecule has 0 spiro atoms. The molecular formula is C19H14Cl3N3O3S. The number of nitrogens with zero attached hydrogens (tertiary/aromatic N) is 2. The highest BCUT2D eigenvalue weighted by Gasteiger charge is 2.20. The Bertz CT molecular complexity index is 1150. The van der Waals surface area contributed by atoms with E-state index in [0.717, 1.165) is 0 Å². The van der Waals surface area contributed by atoms with Crippen molar-refractivity contribution in [2.24, 2.45) is 0 Å². The zero-order chi connectivity index (χ0) is 21.2. The summed E-state index contributed by atoms with van der Waals surface area (Å²) in [5.74, 6) is -0.228. The summed E-state index contributed by atoms with van der Waals surface area (Å²) in [5, 5.41) is 0.401. The Kier molecular flexibility index (Phi) is 6.33. The van der Waals surface area contributed by atoms with Gasteiger partial charge in [-0.2, -0.15) is 0 Å². The molecule has 0 radical (unpaired) electrons. The number of carbonyl (C=O) groups excluding carboxylic acids is 1. The average Bonchev–Trinajstić information content (AvgIpc) is 2.67. The predicted molar refractivity (Wildman–Crippen MR) is 116 cm³/mol. The van der Waals surface area contributed by atoms with Crippen molar-refractivity contribution in [2.45, 2.75) is 4.90 Å². The number of halogens is 3. The first-order valence-electron chi connectivity index (χ1n) is 8.16. The van der Waals surface area contributed by atoms with Crippen LogP contribution in [0.3, 0.4) is 0 Å². The second-order valence-electron chi connectivity index (χ2n) is 5.95. The number of benzene rings is 2. The van der Waals surface area contributed by atoms with Crippen LogP contribution in [0.1, 0.15) is 10.4 Å². The number of hydrogen-bond acceptors (Lipinski definition) is 4. The van der Waals surface area contributed by atoms with Gasteiger partial charge in [0.2, 0.25) is 0 Å². The summed E-state index contributed by atoms with van der Waals surface area (Å²) in [6.45, 7) is 0. The van der Waals surface area contributed by atoms with Crippen LogP contribution in [0.5, 0.6) is 0 Å². The van der Waals surface area contributed by atoms with Gasteiger partial charge in [0.15, 0.2) is 5.15 Å². The Labute approximate surface area is 183 Å². The van der Waals surface area contributed by atoms with Crippen molar-refractivity contribution >= 4 is 62.1 Å². The van der Waals surface area contributed by atoms with Gasteiger partial charge in [0.05, 0.1) is 0 Å². The SMILES string of the molecule is CN(C(=O)c1ccc(Cl)cc1)c1ccc(NS(=O)(=O)c2ccc(Cl)nc2Cl)cc1. The summed E-state index contributed by atoms with van der Waals surface area (Å²) in [4.78, 5) is 17.5. The smallest absolute Gasteiger partial charge is 0.264 e. The Morgan fingerprint density at radius 2 is 1.55 bits per heavy atom. The normalized spacial score (nSPS) is 11.2. The van der Waals surface area contributed by atoms with Crippen LogP contribution in [0.4, 0.5) is 11.4 Å². The number of pyridine rings is 1. The average molecular weight is 471 g/mol. The third-order valence-corrected chi connectivity index (χ3v) is 6.25. The fourth-order valence-electron chi connectivity index (χ4n) is 2.47. The van der Waals surface area contributed by atoms with Crippen LogP contribution in [0, 0.1) is 0 Å². The third kappa shape index (κ3) is 5.00. The summed E-state index contributed by atoms with van der Waals surface area (Å²) >= 11 is 17.4. The van der Waals surface area contributed by atoms with Crippen LogP contribution < -0.4 is 9.62 Å². The number of carbonyl (C=O) groups is 1. The van der Waals surface area contributed by atoms with Gasteiger partial charge in [0.25, 0.3) is 15.9 Å². The number of hydrogen-bond donors (Lipinski definition) is 1. The van der Waals surface area contributed by atoms with E-state index in [-0.39, 0.29) is 21.1 Å². The quantitative estimate of drug-likeness (QED) is 0.525. The number of anilines is 2. The lowest BCUT2D eigenvalue weighted by Crippen LogP contribution is -2.26. The van der Waals surface area contributed by atoms with Crippen molar-refractivity contribution in [3.8, 4) is 0 Å². The maximum Gasteiger partial charge on any atom is 0.264 e. The molecule has 1 aromatic heterocycles. The van der Waals surface area contributed by atoms with Gasteiger partial charge in [0.1, 0.15) is 10.0 Å². The molecular weight excluding hydrogens is 457 g/mol. The van der Waals surface area contributed by atoms with E-state index >= 15 is 0 Å². The highest BCUT2D eigenvalue weighted by atomic mass is 35.5. The molecule has 1 amide bonds. The molecule has 0 unspecified atom stereocenters. The van der Waals surface area contributed by atoms with E-state index < -0.39 is 10.0 Å². The first kappa shape index (κ1) is 21.4. The van der Waals surface area contributed by atoms with Gasteiger partial charge in [0, 0.05) is 29.0 Å². The van der Waals surface area contributed by atoms with Crippen LogP contribution in [0.15, 0.2) is 65.6 Å². The topological polar surface area (TPSA) is 79.4 Å². The van der Waals surface area contributed by atoms with Crippen LogP contribution in [0.2, 0.25) is 15.3 Å². The Balaban J connectivity index is 1.77. The first-order valence-corrected chi connectivity index (χ1v) is 10.8. The monoisotopic (exact) mass is 469 g/mol. The largest absolute Gasteiger partial charge is 0.311 e. The molecule has 2 aromatic carbocycles. The minimum Gasteiger partial charge on any atom is -0.311 e. The van der Waals surface area contributed by atoms with Crippen molar-refractivity contribution in [3.63, 3.8) is 0 Å². The fourth-order valence-corrected chi connectivity index (χ4v) is 4.31.